The molecule has 5 heteroatoms. The number of hydrogen-bond acceptors (Lipinski definition) is 2. The molecule has 108 valence electrons. The average molecular weight is 304 g/mol. The van der Waals surface area contributed by atoms with Crippen LogP contribution in [0.3, 0.4) is 0 Å². The van der Waals surface area contributed by atoms with Crippen molar-refractivity contribution in [1.82, 2.24) is 15.1 Å². The molecule has 3 nitrogen and oxygen atoms in total. The van der Waals surface area contributed by atoms with E-state index in [0.29, 0.717) is 11.3 Å². The van der Waals surface area contributed by atoms with Crippen molar-refractivity contribution < 1.29 is 0 Å². The van der Waals surface area contributed by atoms with Gasteiger partial charge in [0, 0.05) is 19.0 Å². The Kier molecular flexibility index (Phi) is 5.55. The highest BCUT2D eigenvalue weighted by Crippen LogP contribution is 2.28. The smallest absolute Gasteiger partial charge is 0.0863 e. The molecule has 1 aliphatic carbocycles. The molecule has 1 aromatic heterocycles. The maximum Gasteiger partial charge on any atom is 0.0863 e. The molecule has 0 amide bonds. The minimum atomic E-state index is 0.328. The summed E-state index contributed by atoms with van der Waals surface area (Å²) >= 11 is 12.7. The van der Waals surface area contributed by atoms with E-state index in [2.05, 4.69) is 17.3 Å². The molecular formula is C14H23Cl2N3. The van der Waals surface area contributed by atoms with Gasteiger partial charge in [0.05, 0.1) is 16.4 Å². The lowest BCUT2D eigenvalue weighted by molar-refractivity contribution is 0.347. The Balaban J connectivity index is 1.87. The SMILES string of the molecule is CCc1nn(C)c(CNCC2CCCCC2Cl)c1Cl. The molecule has 1 N–H and O–H groups in total. The minimum Gasteiger partial charge on any atom is -0.311 e. The van der Waals surface area contributed by atoms with Crippen molar-refractivity contribution in [1.29, 1.82) is 0 Å². The number of rotatable bonds is 5. The summed E-state index contributed by atoms with van der Waals surface area (Å²) < 4.78 is 1.88. The number of aryl methyl sites for hydroxylation is 2. The predicted molar refractivity (Wildman–Crippen MR) is 80.9 cm³/mol. The van der Waals surface area contributed by atoms with Crippen molar-refractivity contribution in [2.75, 3.05) is 6.54 Å². The molecule has 2 atom stereocenters. The topological polar surface area (TPSA) is 29.9 Å². The van der Waals surface area contributed by atoms with Crippen LogP contribution in [0.4, 0.5) is 0 Å². The van der Waals surface area contributed by atoms with Crippen molar-refractivity contribution >= 4 is 23.2 Å². The first-order valence-electron chi connectivity index (χ1n) is 7.18. The highest BCUT2D eigenvalue weighted by Gasteiger charge is 2.23. The molecule has 0 spiro atoms. The van der Waals surface area contributed by atoms with E-state index in [1.807, 2.05) is 11.7 Å². The van der Waals surface area contributed by atoms with Gasteiger partial charge in [0.25, 0.3) is 0 Å². The number of hydrogen-bond donors (Lipinski definition) is 1. The molecule has 2 rings (SSSR count). The Morgan fingerprint density at radius 1 is 1.37 bits per heavy atom. The maximum atomic E-state index is 6.37. The van der Waals surface area contributed by atoms with Gasteiger partial charge in [-0.1, -0.05) is 31.4 Å². The molecular weight excluding hydrogens is 281 g/mol. The monoisotopic (exact) mass is 303 g/mol. The molecule has 0 saturated heterocycles. The zero-order valence-corrected chi connectivity index (χ0v) is 13.3. The normalized spacial score (nSPS) is 23.8. The van der Waals surface area contributed by atoms with Crippen LogP contribution >= 0.6 is 23.2 Å². The van der Waals surface area contributed by atoms with Gasteiger partial charge in [0.1, 0.15) is 0 Å². The molecule has 1 heterocycles. The van der Waals surface area contributed by atoms with E-state index in [1.165, 1.54) is 19.3 Å². The van der Waals surface area contributed by atoms with Crippen LogP contribution in [0.25, 0.3) is 0 Å². The van der Waals surface area contributed by atoms with Crippen LogP contribution < -0.4 is 5.32 Å². The molecule has 19 heavy (non-hydrogen) atoms. The number of nitrogens with one attached hydrogen (secondary N) is 1. The highest BCUT2D eigenvalue weighted by atomic mass is 35.5. The first-order valence-corrected chi connectivity index (χ1v) is 8.00. The molecule has 1 fully saturated rings. The third-order valence-electron chi connectivity index (χ3n) is 4.02. The van der Waals surface area contributed by atoms with E-state index >= 15 is 0 Å². The van der Waals surface area contributed by atoms with E-state index in [0.717, 1.165) is 42.3 Å². The van der Waals surface area contributed by atoms with Crippen LogP contribution in [-0.2, 0) is 20.0 Å². The summed E-state index contributed by atoms with van der Waals surface area (Å²) in [5.41, 5.74) is 2.05. The fourth-order valence-electron chi connectivity index (χ4n) is 2.78. The zero-order valence-electron chi connectivity index (χ0n) is 11.8. The van der Waals surface area contributed by atoms with Crippen molar-refractivity contribution in [3.63, 3.8) is 0 Å². The van der Waals surface area contributed by atoms with Crippen LogP contribution in [0.1, 0.15) is 44.0 Å². The molecule has 1 aliphatic rings. The number of halogens is 2. The third kappa shape index (κ3) is 3.65. The Hall–Kier alpha value is -0.250. The second kappa shape index (κ2) is 6.96. The summed E-state index contributed by atoms with van der Waals surface area (Å²) in [7, 11) is 1.95. The first-order chi connectivity index (χ1) is 9.13. The second-order valence-corrected chi connectivity index (χ2v) is 6.31. The number of aromatic nitrogens is 2. The molecule has 0 aliphatic heterocycles. The van der Waals surface area contributed by atoms with Crippen LogP contribution in [0.15, 0.2) is 0 Å². The molecule has 0 radical (unpaired) electrons. The number of alkyl halides is 1. The Morgan fingerprint density at radius 2 is 2.11 bits per heavy atom. The zero-order chi connectivity index (χ0) is 13.8. The van der Waals surface area contributed by atoms with E-state index in [1.54, 1.807) is 0 Å². The third-order valence-corrected chi connectivity index (χ3v) is 5.03. The van der Waals surface area contributed by atoms with Crippen molar-refractivity contribution in [3.8, 4) is 0 Å². The molecule has 2 unspecified atom stereocenters. The molecule has 0 aromatic carbocycles. The van der Waals surface area contributed by atoms with E-state index in [-0.39, 0.29) is 0 Å². The molecule has 1 saturated carbocycles. The van der Waals surface area contributed by atoms with Gasteiger partial charge in [-0.3, -0.25) is 4.68 Å². The van der Waals surface area contributed by atoms with Gasteiger partial charge in [0.15, 0.2) is 0 Å². The van der Waals surface area contributed by atoms with Gasteiger partial charge >= 0.3 is 0 Å². The lowest BCUT2D eigenvalue weighted by Gasteiger charge is -2.27. The predicted octanol–water partition coefficient (Wildman–Crippen LogP) is 3.52. The van der Waals surface area contributed by atoms with Crippen LogP contribution in [0.2, 0.25) is 5.02 Å². The quantitative estimate of drug-likeness (QED) is 0.844. The van der Waals surface area contributed by atoms with Crippen molar-refractivity contribution in [3.05, 3.63) is 16.4 Å². The van der Waals surface area contributed by atoms with Crippen molar-refractivity contribution in [2.24, 2.45) is 13.0 Å². The summed E-state index contributed by atoms with van der Waals surface area (Å²) in [6.07, 6.45) is 5.85. The minimum absolute atomic E-state index is 0.328. The average Bonchev–Trinajstić information content (AvgIpc) is 2.68. The lowest BCUT2D eigenvalue weighted by Crippen LogP contribution is -2.31. The van der Waals surface area contributed by atoms with E-state index < -0.39 is 0 Å². The molecule has 1 aromatic rings. The van der Waals surface area contributed by atoms with Gasteiger partial charge in [-0.05, 0) is 31.7 Å². The fourth-order valence-corrected chi connectivity index (χ4v) is 3.51. The van der Waals surface area contributed by atoms with Crippen LogP contribution in [-0.4, -0.2) is 21.7 Å². The van der Waals surface area contributed by atoms with Crippen molar-refractivity contribution in [2.45, 2.75) is 50.9 Å². The first kappa shape index (κ1) is 15.1. The summed E-state index contributed by atoms with van der Waals surface area (Å²) in [6.45, 7) is 3.81. The summed E-state index contributed by atoms with van der Waals surface area (Å²) in [5, 5.41) is 9.06. The Morgan fingerprint density at radius 3 is 2.74 bits per heavy atom. The molecule has 0 bridgehead atoms. The summed E-state index contributed by atoms with van der Waals surface area (Å²) in [5.74, 6) is 0.591. The Labute approximate surface area is 125 Å². The fraction of sp³-hybridized carbons (Fsp3) is 0.786. The summed E-state index contributed by atoms with van der Waals surface area (Å²) in [6, 6.07) is 0. The Bertz CT molecular complexity index is 417. The van der Waals surface area contributed by atoms with Gasteiger partial charge in [-0.2, -0.15) is 5.10 Å². The van der Waals surface area contributed by atoms with Crippen LogP contribution in [0, 0.1) is 5.92 Å². The lowest BCUT2D eigenvalue weighted by atomic mass is 9.89. The van der Waals surface area contributed by atoms with Gasteiger partial charge in [-0.15, -0.1) is 11.6 Å². The highest BCUT2D eigenvalue weighted by molar-refractivity contribution is 6.31. The standard InChI is InChI=1S/C14H23Cl2N3/c1-3-12-14(16)13(19(2)18-12)9-17-8-10-6-4-5-7-11(10)15/h10-11,17H,3-9H2,1-2H3. The summed E-state index contributed by atoms with van der Waals surface area (Å²) in [4.78, 5) is 0. The largest absolute Gasteiger partial charge is 0.311 e. The van der Waals surface area contributed by atoms with Gasteiger partial charge in [-0.25, -0.2) is 0 Å². The van der Waals surface area contributed by atoms with E-state index in [4.69, 9.17) is 23.2 Å². The maximum absolute atomic E-state index is 6.37. The number of nitrogens with zero attached hydrogens (tertiary/aromatic N) is 2. The van der Waals surface area contributed by atoms with Gasteiger partial charge in [0.2, 0.25) is 0 Å². The van der Waals surface area contributed by atoms with Gasteiger partial charge < -0.3 is 5.32 Å². The second-order valence-electron chi connectivity index (χ2n) is 5.38. The van der Waals surface area contributed by atoms with E-state index in [9.17, 15) is 0 Å². The van der Waals surface area contributed by atoms with Crippen LogP contribution in [0.5, 0.6) is 0 Å².